The van der Waals surface area contributed by atoms with Crippen LogP contribution in [0, 0.1) is 17.4 Å². The molecule has 0 atom stereocenters. The zero-order valence-electron chi connectivity index (χ0n) is 6.14. The molecule has 0 aliphatic rings. The molecule has 3 nitrogen and oxygen atoms in total. The first-order chi connectivity index (χ1) is 5.04. The van der Waals surface area contributed by atoms with Crippen LogP contribution in [-0.4, -0.2) is 11.1 Å². The molecule has 60 valence electrons. The first kappa shape index (κ1) is 8.58. The topological polar surface area (TPSA) is 50.4 Å². The van der Waals surface area contributed by atoms with E-state index in [9.17, 15) is 4.79 Å². The molecule has 0 aliphatic heterocycles. The highest BCUT2D eigenvalue weighted by Crippen LogP contribution is 2.22. The van der Waals surface area contributed by atoms with Crippen LogP contribution >= 0.6 is 22.6 Å². The Morgan fingerprint density at radius 2 is 2.00 bits per heavy atom. The van der Waals surface area contributed by atoms with E-state index in [1.807, 2.05) is 22.6 Å². The average molecular weight is 266 g/mol. The van der Waals surface area contributed by atoms with Gasteiger partial charge in [0, 0.05) is 0 Å². The molecule has 0 spiro atoms. The molecule has 11 heavy (non-hydrogen) atoms. The Morgan fingerprint density at radius 3 is 2.18 bits per heavy atom. The van der Waals surface area contributed by atoms with Crippen LogP contribution in [0.4, 0.5) is 0 Å². The summed E-state index contributed by atoms with van der Waals surface area (Å²) in [4.78, 5) is 10.6. The molecule has 0 amide bonds. The normalized spacial score (nSPS) is 10.1. The average Bonchev–Trinajstić information content (AvgIpc) is 2.07. The monoisotopic (exact) mass is 266 g/mol. The third-order valence-corrected chi connectivity index (χ3v) is 2.70. The fourth-order valence-corrected chi connectivity index (χ4v) is 1.62. The van der Waals surface area contributed by atoms with Gasteiger partial charge in [-0.1, -0.05) is 0 Å². The van der Waals surface area contributed by atoms with Crippen molar-refractivity contribution in [2.75, 3.05) is 0 Å². The number of rotatable bonds is 1. The Bertz CT molecular complexity index is 301. The maximum atomic E-state index is 10.6. The van der Waals surface area contributed by atoms with Gasteiger partial charge in [0.1, 0.15) is 17.1 Å². The van der Waals surface area contributed by atoms with Gasteiger partial charge in [0.2, 0.25) is 0 Å². The standard InChI is InChI=1S/C7H7IO3/c1-3-5(7(9)10)6(8)4(2)11-3/h1-2H3,(H,9,10). The summed E-state index contributed by atoms with van der Waals surface area (Å²) < 4.78 is 5.81. The number of aryl methyl sites for hydroxylation is 2. The van der Waals surface area contributed by atoms with Crippen molar-refractivity contribution in [2.45, 2.75) is 13.8 Å². The summed E-state index contributed by atoms with van der Waals surface area (Å²) in [5.74, 6) is 0.212. The van der Waals surface area contributed by atoms with Crippen LogP contribution in [0.5, 0.6) is 0 Å². The Hall–Kier alpha value is -0.520. The van der Waals surface area contributed by atoms with Crippen molar-refractivity contribution in [3.8, 4) is 0 Å². The van der Waals surface area contributed by atoms with Gasteiger partial charge in [-0.2, -0.15) is 0 Å². The number of carboxylic acids is 1. The molecule has 4 heteroatoms. The Morgan fingerprint density at radius 1 is 1.45 bits per heavy atom. The number of halogens is 1. The molecule has 0 fully saturated rings. The van der Waals surface area contributed by atoms with E-state index >= 15 is 0 Å². The highest BCUT2D eigenvalue weighted by Gasteiger charge is 2.18. The van der Waals surface area contributed by atoms with Crippen LogP contribution in [0.3, 0.4) is 0 Å². The minimum Gasteiger partial charge on any atom is -0.478 e. The fraction of sp³-hybridized carbons (Fsp3) is 0.286. The van der Waals surface area contributed by atoms with Gasteiger partial charge in [0.25, 0.3) is 0 Å². The van der Waals surface area contributed by atoms with Gasteiger partial charge in [0.05, 0.1) is 3.57 Å². The van der Waals surface area contributed by atoms with Crippen molar-refractivity contribution < 1.29 is 14.3 Å². The predicted molar refractivity (Wildman–Crippen MR) is 47.9 cm³/mol. The van der Waals surface area contributed by atoms with E-state index in [1.165, 1.54) is 0 Å². The van der Waals surface area contributed by atoms with Gasteiger partial charge < -0.3 is 9.52 Å². The lowest BCUT2D eigenvalue weighted by Crippen LogP contribution is -1.98. The summed E-state index contributed by atoms with van der Waals surface area (Å²) in [5, 5.41) is 8.70. The molecule has 1 aromatic heterocycles. The SMILES string of the molecule is Cc1oc(C)c(C(=O)O)c1I. The third-order valence-electron chi connectivity index (χ3n) is 1.40. The van der Waals surface area contributed by atoms with Gasteiger partial charge in [-0.05, 0) is 36.4 Å². The third kappa shape index (κ3) is 1.40. The van der Waals surface area contributed by atoms with Crippen molar-refractivity contribution in [3.05, 3.63) is 20.7 Å². The molecular weight excluding hydrogens is 259 g/mol. The smallest absolute Gasteiger partial charge is 0.340 e. The van der Waals surface area contributed by atoms with Crippen molar-refractivity contribution in [2.24, 2.45) is 0 Å². The summed E-state index contributed by atoms with van der Waals surface area (Å²) in [6, 6.07) is 0. The lowest BCUT2D eigenvalue weighted by molar-refractivity contribution is 0.0694. The molecule has 0 aliphatic carbocycles. The van der Waals surface area contributed by atoms with E-state index in [0.717, 1.165) is 0 Å². The number of aromatic carboxylic acids is 1. The van der Waals surface area contributed by atoms with Gasteiger partial charge >= 0.3 is 5.97 Å². The second kappa shape index (κ2) is 2.84. The lowest BCUT2D eigenvalue weighted by Gasteiger charge is -1.88. The van der Waals surface area contributed by atoms with E-state index in [1.54, 1.807) is 13.8 Å². The first-order valence-electron chi connectivity index (χ1n) is 3.02. The van der Waals surface area contributed by atoms with Gasteiger partial charge in [0.15, 0.2) is 0 Å². The lowest BCUT2D eigenvalue weighted by atomic mass is 10.2. The summed E-state index contributed by atoms with van der Waals surface area (Å²) in [6.07, 6.45) is 0. The maximum absolute atomic E-state index is 10.6. The number of furan rings is 1. The van der Waals surface area contributed by atoms with Crippen LogP contribution in [0.15, 0.2) is 4.42 Å². The van der Waals surface area contributed by atoms with Crippen LogP contribution in [0.1, 0.15) is 21.9 Å². The number of carbonyl (C=O) groups is 1. The van der Waals surface area contributed by atoms with Crippen molar-refractivity contribution in [1.82, 2.24) is 0 Å². The first-order valence-corrected chi connectivity index (χ1v) is 4.10. The second-order valence-corrected chi connectivity index (χ2v) is 3.29. The molecule has 0 radical (unpaired) electrons. The summed E-state index contributed by atoms with van der Waals surface area (Å²) in [5.41, 5.74) is 0.281. The molecule has 0 bridgehead atoms. The Balaban J connectivity index is 3.34. The molecule has 0 unspecified atom stereocenters. The molecule has 1 heterocycles. The predicted octanol–water partition coefficient (Wildman–Crippen LogP) is 2.20. The zero-order chi connectivity index (χ0) is 8.59. The van der Waals surface area contributed by atoms with Crippen molar-refractivity contribution in [3.63, 3.8) is 0 Å². The number of hydrogen-bond donors (Lipinski definition) is 1. The van der Waals surface area contributed by atoms with E-state index in [2.05, 4.69) is 0 Å². The second-order valence-electron chi connectivity index (χ2n) is 2.21. The highest BCUT2D eigenvalue weighted by atomic mass is 127. The van der Waals surface area contributed by atoms with Crippen molar-refractivity contribution >= 4 is 28.6 Å². The summed E-state index contributed by atoms with van der Waals surface area (Å²) in [7, 11) is 0. The maximum Gasteiger partial charge on any atom is 0.340 e. The fourth-order valence-electron chi connectivity index (χ4n) is 0.901. The molecule has 1 rings (SSSR count). The Labute approximate surface area is 77.5 Å². The minimum absolute atomic E-state index is 0.281. The highest BCUT2D eigenvalue weighted by molar-refractivity contribution is 14.1. The molecule has 0 aromatic carbocycles. The summed E-state index contributed by atoms with van der Waals surface area (Å²) >= 11 is 1.97. The molecular formula is C7H7IO3. The van der Waals surface area contributed by atoms with Crippen molar-refractivity contribution in [1.29, 1.82) is 0 Å². The van der Waals surface area contributed by atoms with E-state index in [0.29, 0.717) is 15.1 Å². The molecule has 0 saturated heterocycles. The van der Waals surface area contributed by atoms with Gasteiger partial charge in [-0.3, -0.25) is 0 Å². The van der Waals surface area contributed by atoms with Crippen LogP contribution in [0.2, 0.25) is 0 Å². The van der Waals surface area contributed by atoms with Crippen LogP contribution < -0.4 is 0 Å². The van der Waals surface area contributed by atoms with Gasteiger partial charge in [-0.15, -0.1) is 0 Å². The van der Waals surface area contributed by atoms with E-state index in [4.69, 9.17) is 9.52 Å². The number of hydrogen-bond acceptors (Lipinski definition) is 2. The quantitative estimate of drug-likeness (QED) is 0.793. The number of carboxylic acid groups (broad SMARTS) is 1. The van der Waals surface area contributed by atoms with Crippen LogP contribution in [-0.2, 0) is 0 Å². The van der Waals surface area contributed by atoms with E-state index < -0.39 is 5.97 Å². The van der Waals surface area contributed by atoms with E-state index in [-0.39, 0.29) is 5.56 Å². The zero-order valence-corrected chi connectivity index (χ0v) is 8.30. The molecule has 1 N–H and O–H groups in total. The largest absolute Gasteiger partial charge is 0.478 e. The molecule has 1 aromatic rings. The molecule has 0 saturated carbocycles. The summed E-state index contributed by atoms with van der Waals surface area (Å²) in [6.45, 7) is 3.40. The Kier molecular flexibility index (Phi) is 2.22. The minimum atomic E-state index is -0.927. The van der Waals surface area contributed by atoms with Crippen LogP contribution in [0.25, 0.3) is 0 Å². The van der Waals surface area contributed by atoms with Gasteiger partial charge in [-0.25, -0.2) is 4.79 Å².